The molecule has 0 bridgehead atoms. The van der Waals surface area contributed by atoms with Crippen molar-refractivity contribution in [2.45, 2.75) is 50.7 Å². The van der Waals surface area contributed by atoms with E-state index in [1.807, 2.05) is 0 Å². The van der Waals surface area contributed by atoms with Gasteiger partial charge in [0.1, 0.15) is 18.0 Å². The molecule has 2 aliphatic rings. The lowest BCUT2D eigenvalue weighted by Crippen LogP contribution is -2.36. The summed E-state index contributed by atoms with van der Waals surface area (Å²) in [6, 6.07) is 3.11. The van der Waals surface area contributed by atoms with Crippen molar-refractivity contribution in [3.05, 3.63) is 23.5 Å². The number of hydrogen-bond acceptors (Lipinski definition) is 4. The number of ether oxygens (including phenoxy) is 1. The van der Waals surface area contributed by atoms with Gasteiger partial charge in [-0.2, -0.15) is 0 Å². The number of amides is 3. The van der Waals surface area contributed by atoms with Crippen LogP contribution in [0.4, 0.5) is 0 Å². The standard InChI is InChI=1S/C18H26N4O4/c19-17(24)14-6-7-15(22-14)18(25)21-12-5-4-11(8-12)9-20-16(23)10-26-13-2-1-3-13/h6-7,11-13,22H,1-5,8-10H2,(H2,19,24)(H,20,23)(H,21,25). The van der Waals surface area contributed by atoms with Crippen LogP contribution in [0.2, 0.25) is 0 Å². The molecular formula is C18H26N4O4. The second-order valence-electron chi connectivity index (χ2n) is 7.17. The van der Waals surface area contributed by atoms with Crippen molar-refractivity contribution in [3.63, 3.8) is 0 Å². The topological polar surface area (TPSA) is 126 Å². The molecule has 1 heterocycles. The minimum Gasteiger partial charge on any atom is -0.368 e. The van der Waals surface area contributed by atoms with Gasteiger partial charge < -0.3 is 26.1 Å². The molecule has 3 amide bonds. The van der Waals surface area contributed by atoms with Gasteiger partial charge in [0.25, 0.3) is 11.8 Å². The fraction of sp³-hybridized carbons (Fsp3) is 0.611. The summed E-state index contributed by atoms with van der Waals surface area (Å²) in [6.07, 6.45) is 6.19. The van der Waals surface area contributed by atoms with E-state index >= 15 is 0 Å². The van der Waals surface area contributed by atoms with Gasteiger partial charge in [0.15, 0.2) is 0 Å². The maximum Gasteiger partial charge on any atom is 0.267 e. The molecule has 26 heavy (non-hydrogen) atoms. The van der Waals surface area contributed by atoms with Gasteiger partial charge in [-0.3, -0.25) is 14.4 Å². The van der Waals surface area contributed by atoms with E-state index < -0.39 is 5.91 Å². The summed E-state index contributed by atoms with van der Waals surface area (Å²) in [5.74, 6) is -0.573. The highest BCUT2D eigenvalue weighted by Gasteiger charge is 2.27. The summed E-state index contributed by atoms with van der Waals surface area (Å²) in [4.78, 5) is 37.8. The highest BCUT2D eigenvalue weighted by atomic mass is 16.5. The first kappa shape index (κ1) is 18.4. The highest BCUT2D eigenvalue weighted by molar-refractivity contribution is 5.96. The van der Waals surface area contributed by atoms with Crippen LogP contribution in [-0.2, 0) is 9.53 Å². The molecule has 5 N–H and O–H groups in total. The van der Waals surface area contributed by atoms with E-state index in [1.165, 1.54) is 12.5 Å². The van der Waals surface area contributed by atoms with Gasteiger partial charge in [-0.25, -0.2) is 0 Å². The van der Waals surface area contributed by atoms with Crippen molar-refractivity contribution in [1.29, 1.82) is 0 Å². The predicted molar refractivity (Wildman–Crippen MR) is 94.5 cm³/mol. The summed E-state index contributed by atoms with van der Waals surface area (Å²) in [6.45, 7) is 0.736. The Balaban J connectivity index is 1.35. The molecule has 3 rings (SSSR count). The average Bonchev–Trinajstić information content (AvgIpc) is 3.21. The predicted octanol–water partition coefficient (Wildman–Crippen LogP) is 0.697. The molecule has 0 spiro atoms. The Morgan fingerprint density at radius 3 is 2.58 bits per heavy atom. The Morgan fingerprint density at radius 2 is 1.92 bits per heavy atom. The van der Waals surface area contributed by atoms with Gasteiger partial charge in [-0.15, -0.1) is 0 Å². The van der Waals surface area contributed by atoms with Crippen LogP contribution in [-0.4, -0.2) is 48.0 Å². The van der Waals surface area contributed by atoms with E-state index in [-0.39, 0.29) is 36.3 Å². The molecule has 8 nitrogen and oxygen atoms in total. The number of rotatable bonds is 8. The maximum atomic E-state index is 12.2. The minimum atomic E-state index is -0.595. The van der Waals surface area contributed by atoms with Crippen LogP contribution in [0.3, 0.4) is 0 Å². The SMILES string of the molecule is NC(=O)c1ccc(C(=O)NC2CCC(CNC(=O)COC3CCC3)C2)[nH]1. The smallest absolute Gasteiger partial charge is 0.267 e. The van der Waals surface area contributed by atoms with Gasteiger partial charge in [-0.1, -0.05) is 0 Å². The third kappa shape index (κ3) is 4.85. The van der Waals surface area contributed by atoms with Gasteiger partial charge in [-0.05, 0) is 56.6 Å². The summed E-state index contributed by atoms with van der Waals surface area (Å²) in [5, 5.41) is 5.88. The first-order valence-corrected chi connectivity index (χ1v) is 9.19. The van der Waals surface area contributed by atoms with Crippen LogP contribution in [0.5, 0.6) is 0 Å². The molecule has 1 aromatic heterocycles. The van der Waals surface area contributed by atoms with Crippen molar-refractivity contribution in [2.75, 3.05) is 13.2 Å². The Labute approximate surface area is 152 Å². The van der Waals surface area contributed by atoms with Crippen LogP contribution >= 0.6 is 0 Å². The van der Waals surface area contributed by atoms with Crippen molar-refractivity contribution >= 4 is 17.7 Å². The zero-order chi connectivity index (χ0) is 18.5. The van der Waals surface area contributed by atoms with E-state index in [1.54, 1.807) is 6.07 Å². The zero-order valence-electron chi connectivity index (χ0n) is 14.8. The van der Waals surface area contributed by atoms with Gasteiger partial charge in [0.2, 0.25) is 5.91 Å². The number of nitrogens with one attached hydrogen (secondary N) is 3. The second kappa shape index (κ2) is 8.35. The number of carbonyl (C=O) groups is 3. The van der Waals surface area contributed by atoms with E-state index in [9.17, 15) is 14.4 Å². The molecule has 1 aromatic rings. The van der Waals surface area contributed by atoms with E-state index in [4.69, 9.17) is 10.5 Å². The van der Waals surface area contributed by atoms with Gasteiger partial charge in [0, 0.05) is 12.6 Å². The van der Waals surface area contributed by atoms with Crippen molar-refractivity contribution in [3.8, 4) is 0 Å². The molecule has 0 radical (unpaired) electrons. The molecular weight excluding hydrogens is 336 g/mol. The summed E-state index contributed by atoms with van der Waals surface area (Å²) in [5.41, 5.74) is 5.71. The fourth-order valence-corrected chi connectivity index (χ4v) is 3.37. The number of primary amides is 1. The molecule has 2 saturated carbocycles. The lowest BCUT2D eigenvalue weighted by molar-refractivity contribution is -0.129. The maximum absolute atomic E-state index is 12.2. The number of aromatic nitrogens is 1. The average molecular weight is 362 g/mol. The summed E-state index contributed by atoms with van der Waals surface area (Å²) < 4.78 is 5.49. The van der Waals surface area contributed by atoms with Crippen molar-refractivity contribution in [2.24, 2.45) is 11.7 Å². The number of H-pyrrole nitrogens is 1. The van der Waals surface area contributed by atoms with Crippen LogP contribution in [0, 0.1) is 5.92 Å². The molecule has 2 aliphatic carbocycles. The van der Waals surface area contributed by atoms with E-state index in [0.29, 0.717) is 18.2 Å². The molecule has 2 atom stereocenters. The quantitative estimate of drug-likeness (QED) is 0.543. The Bertz CT molecular complexity index is 668. The number of carbonyl (C=O) groups excluding carboxylic acids is 3. The number of nitrogens with two attached hydrogens (primary N) is 1. The van der Waals surface area contributed by atoms with Gasteiger partial charge >= 0.3 is 0 Å². The monoisotopic (exact) mass is 362 g/mol. The molecule has 0 aromatic carbocycles. The zero-order valence-corrected chi connectivity index (χ0v) is 14.8. The first-order chi connectivity index (χ1) is 12.5. The van der Waals surface area contributed by atoms with Gasteiger partial charge in [0.05, 0.1) is 6.10 Å². The minimum absolute atomic E-state index is 0.0657. The third-order valence-corrected chi connectivity index (χ3v) is 5.16. The van der Waals surface area contributed by atoms with E-state index in [0.717, 1.165) is 32.1 Å². The first-order valence-electron chi connectivity index (χ1n) is 9.19. The van der Waals surface area contributed by atoms with Crippen molar-refractivity contribution in [1.82, 2.24) is 15.6 Å². The Morgan fingerprint density at radius 1 is 1.15 bits per heavy atom. The Kier molecular flexibility index (Phi) is 5.92. The largest absolute Gasteiger partial charge is 0.368 e. The van der Waals surface area contributed by atoms with Crippen molar-refractivity contribution < 1.29 is 19.1 Å². The number of hydrogen-bond donors (Lipinski definition) is 4. The highest BCUT2D eigenvalue weighted by Crippen LogP contribution is 2.25. The third-order valence-electron chi connectivity index (χ3n) is 5.16. The second-order valence-corrected chi connectivity index (χ2v) is 7.17. The van der Waals surface area contributed by atoms with Crippen LogP contribution in [0.1, 0.15) is 59.5 Å². The normalized spacial score (nSPS) is 22.6. The summed E-state index contributed by atoms with van der Waals surface area (Å²) >= 11 is 0. The van der Waals surface area contributed by atoms with Crippen LogP contribution in [0.15, 0.2) is 12.1 Å². The lowest BCUT2D eigenvalue weighted by Gasteiger charge is -2.25. The molecule has 0 saturated heterocycles. The van der Waals surface area contributed by atoms with Crippen LogP contribution in [0.25, 0.3) is 0 Å². The summed E-state index contributed by atoms with van der Waals surface area (Å²) in [7, 11) is 0. The number of aromatic amines is 1. The molecule has 142 valence electrons. The fourth-order valence-electron chi connectivity index (χ4n) is 3.37. The molecule has 8 heteroatoms. The van der Waals surface area contributed by atoms with E-state index in [2.05, 4.69) is 15.6 Å². The van der Waals surface area contributed by atoms with Crippen LogP contribution < -0.4 is 16.4 Å². The lowest BCUT2D eigenvalue weighted by atomic mass is 9.96. The molecule has 2 fully saturated rings. The molecule has 2 unspecified atom stereocenters. The Hall–Kier alpha value is -2.35. The molecule has 0 aliphatic heterocycles.